The van der Waals surface area contributed by atoms with Crippen molar-refractivity contribution in [2.24, 2.45) is 0 Å². The van der Waals surface area contributed by atoms with E-state index in [1.54, 1.807) is 7.11 Å². The van der Waals surface area contributed by atoms with Gasteiger partial charge < -0.3 is 15.4 Å². The van der Waals surface area contributed by atoms with Gasteiger partial charge >= 0.3 is 6.03 Å². The normalized spacial score (nSPS) is 19.6. The van der Waals surface area contributed by atoms with Gasteiger partial charge in [0, 0.05) is 16.6 Å². The Morgan fingerprint density at radius 3 is 2.93 bits per heavy atom. The molecule has 1 saturated heterocycles. The van der Waals surface area contributed by atoms with Gasteiger partial charge in [0.1, 0.15) is 5.75 Å². The van der Waals surface area contributed by atoms with Crippen LogP contribution in [0.1, 0.15) is 11.6 Å². The summed E-state index contributed by atoms with van der Waals surface area (Å²) in [7, 11) is 1.62. The predicted molar refractivity (Wildman–Crippen MR) is 60.0 cm³/mol. The molecule has 2 rings (SSSR count). The zero-order valence-corrected chi connectivity index (χ0v) is 9.80. The lowest BCUT2D eigenvalue weighted by Crippen LogP contribution is -2.21. The van der Waals surface area contributed by atoms with Crippen LogP contribution in [0.5, 0.6) is 5.75 Å². The molecule has 0 spiro atoms. The Morgan fingerprint density at radius 1 is 1.53 bits per heavy atom. The lowest BCUT2D eigenvalue weighted by molar-refractivity contribution is 0.247. The Morgan fingerprint density at radius 2 is 2.33 bits per heavy atom. The van der Waals surface area contributed by atoms with Crippen molar-refractivity contribution in [3.8, 4) is 5.75 Å². The van der Waals surface area contributed by atoms with E-state index in [-0.39, 0.29) is 12.1 Å². The molecule has 5 heteroatoms. The number of rotatable bonds is 2. The number of urea groups is 1. The minimum absolute atomic E-state index is 0.0232. The van der Waals surface area contributed by atoms with Crippen molar-refractivity contribution in [2.45, 2.75) is 6.04 Å². The average Bonchev–Trinajstić information content (AvgIpc) is 2.65. The molecule has 1 aliphatic rings. The minimum Gasteiger partial charge on any atom is -0.496 e. The highest BCUT2D eigenvalue weighted by Crippen LogP contribution is 2.29. The van der Waals surface area contributed by atoms with Crippen molar-refractivity contribution < 1.29 is 9.53 Å². The molecule has 0 saturated carbocycles. The van der Waals surface area contributed by atoms with E-state index in [9.17, 15) is 4.79 Å². The van der Waals surface area contributed by atoms with Crippen LogP contribution < -0.4 is 15.4 Å². The maximum absolute atomic E-state index is 11.0. The Bertz CT molecular complexity index is 395. The van der Waals surface area contributed by atoms with Crippen LogP contribution in [0, 0.1) is 0 Å². The summed E-state index contributed by atoms with van der Waals surface area (Å²) in [5.74, 6) is 0.784. The van der Waals surface area contributed by atoms with E-state index in [0.29, 0.717) is 6.54 Å². The highest BCUT2D eigenvalue weighted by Gasteiger charge is 2.24. The van der Waals surface area contributed by atoms with Crippen molar-refractivity contribution in [1.29, 1.82) is 0 Å². The molecule has 1 aliphatic heterocycles. The van der Waals surface area contributed by atoms with Crippen LogP contribution in [-0.4, -0.2) is 19.7 Å². The third-order valence-electron chi connectivity index (χ3n) is 2.34. The van der Waals surface area contributed by atoms with E-state index < -0.39 is 0 Å². The lowest BCUT2D eigenvalue weighted by atomic mass is 10.1. The van der Waals surface area contributed by atoms with E-state index in [1.165, 1.54) is 0 Å². The quantitative estimate of drug-likeness (QED) is 0.861. The first-order valence-electron chi connectivity index (χ1n) is 4.58. The molecular weight excluding hydrogens is 260 g/mol. The zero-order valence-electron chi connectivity index (χ0n) is 8.21. The number of carbonyl (C=O) groups excluding carboxylic acids is 1. The fourth-order valence-corrected chi connectivity index (χ4v) is 2.00. The molecule has 2 N–H and O–H groups in total. The summed E-state index contributed by atoms with van der Waals surface area (Å²) in [6.07, 6.45) is 0. The Kier molecular flexibility index (Phi) is 2.81. The van der Waals surface area contributed by atoms with Crippen molar-refractivity contribution in [2.75, 3.05) is 13.7 Å². The van der Waals surface area contributed by atoms with Crippen LogP contribution in [0.4, 0.5) is 4.79 Å². The Hall–Kier alpha value is -1.23. The van der Waals surface area contributed by atoms with Gasteiger partial charge in [-0.3, -0.25) is 0 Å². The maximum atomic E-state index is 11.0. The highest BCUT2D eigenvalue weighted by molar-refractivity contribution is 9.10. The van der Waals surface area contributed by atoms with Crippen LogP contribution >= 0.6 is 15.9 Å². The van der Waals surface area contributed by atoms with Crippen LogP contribution in [0.2, 0.25) is 0 Å². The average molecular weight is 271 g/mol. The summed E-state index contributed by atoms with van der Waals surface area (Å²) < 4.78 is 6.22. The van der Waals surface area contributed by atoms with Crippen molar-refractivity contribution in [3.05, 3.63) is 28.2 Å². The molecule has 4 nitrogen and oxygen atoms in total. The third-order valence-corrected chi connectivity index (χ3v) is 2.83. The number of halogens is 1. The van der Waals surface area contributed by atoms with E-state index in [4.69, 9.17) is 4.74 Å². The molecule has 1 aromatic rings. The smallest absolute Gasteiger partial charge is 0.315 e. The number of benzene rings is 1. The van der Waals surface area contributed by atoms with E-state index in [2.05, 4.69) is 26.6 Å². The summed E-state index contributed by atoms with van der Waals surface area (Å²) in [6.45, 7) is 0.589. The fourth-order valence-electron chi connectivity index (χ4n) is 1.62. The first kappa shape index (κ1) is 10.3. The molecule has 80 valence electrons. The lowest BCUT2D eigenvalue weighted by Gasteiger charge is -2.13. The van der Waals surface area contributed by atoms with Gasteiger partial charge in [-0.2, -0.15) is 0 Å². The Balaban J connectivity index is 2.33. The number of ether oxygens (including phenoxy) is 1. The van der Waals surface area contributed by atoms with Crippen LogP contribution in [0.3, 0.4) is 0 Å². The molecule has 1 fully saturated rings. The number of hydrogen-bond donors (Lipinski definition) is 2. The summed E-state index contributed by atoms with van der Waals surface area (Å²) in [5.41, 5.74) is 0.977. The largest absolute Gasteiger partial charge is 0.496 e. The second-order valence-corrected chi connectivity index (χ2v) is 4.21. The van der Waals surface area contributed by atoms with Gasteiger partial charge in [0.2, 0.25) is 0 Å². The molecule has 1 atom stereocenters. The number of methoxy groups -OCH3 is 1. The van der Waals surface area contributed by atoms with Crippen LogP contribution in [0.15, 0.2) is 22.7 Å². The molecule has 0 radical (unpaired) electrons. The molecule has 0 aliphatic carbocycles. The molecular formula is C10H11BrN2O2. The van der Waals surface area contributed by atoms with Crippen molar-refractivity contribution >= 4 is 22.0 Å². The monoisotopic (exact) mass is 270 g/mol. The van der Waals surface area contributed by atoms with Crippen molar-refractivity contribution in [3.63, 3.8) is 0 Å². The van der Waals surface area contributed by atoms with E-state index in [0.717, 1.165) is 15.8 Å². The highest BCUT2D eigenvalue weighted by atomic mass is 79.9. The number of carbonyl (C=O) groups is 1. The maximum Gasteiger partial charge on any atom is 0.315 e. The summed E-state index contributed by atoms with van der Waals surface area (Å²) in [5, 5.41) is 5.54. The minimum atomic E-state index is -0.137. The number of amides is 2. The summed E-state index contributed by atoms with van der Waals surface area (Å²) in [4.78, 5) is 11.0. The first-order valence-corrected chi connectivity index (χ1v) is 5.38. The van der Waals surface area contributed by atoms with Gasteiger partial charge in [-0.1, -0.05) is 15.9 Å². The van der Waals surface area contributed by atoms with Crippen LogP contribution in [-0.2, 0) is 0 Å². The summed E-state index contributed by atoms with van der Waals surface area (Å²) in [6, 6.07) is 5.58. The van der Waals surface area contributed by atoms with Crippen molar-refractivity contribution in [1.82, 2.24) is 10.6 Å². The fraction of sp³-hybridized carbons (Fsp3) is 0.300. The molecule has 2 amide bonds. The van der Waals surface area contributed by atoms with Gasteiger partial charge in [0.05, 0.1) is 13.2 Å². The topological polar surface area (TPSA) is 50.4 Å². The Labute approximate surface area is 96.1 Å². The van der Waals surface area contributed by atoms with Crippen LogP contribution in [0.25, 0.3) is 0 Å². The molecule has 1 unspecified atom stereocenters. The molecule has 0 aromatic heterocycles. The molecule has 1 heterocycles. The number of hydrogen-bond acceptors (Lipinski definition) is 2. The molecule has 0 bridgehead atoms. The van der Waals surface area contributed by atoms with E-state index >= 15 is 0 Å². The second-order valence-electron chi connectivity index (χ2n) is 3.29. The summed E-state index contributed by atoms with van der Waals surface area (Å²) >= 11 is 3.40. The van der Waals surface area contributed by atoms with Gasteiger partial charge in [0.15, 0.2) is 0 Å². The van der Waals surface area contributed by atoms with Gasteiger partial charge in [0.25, 0.3) is 0 Å². The SMILES string of the molecule is COc1ccc(Br)cc1C1CNC(=O)N1. The first-order chi connectivity index (χ1) is 7.20. The predicted octanol–water partition coefficient (Wildman–Crippen LogP) is 1.81. The van der Waals surface area contributed by atoms with Gasteiger partial charge in [-0.15, -0.1) is 0 Å². The second kappa shape index (κ2) is 4.10. The number of nitrogens with one attached hydrogen (secondary N) is 2. The standard InChI is InChI=1S/C10H11BrN2O2/c1-15-9-3-2-6(11)4-7(9)8-5-12-10(14)13-8/h2-4,8H,5H2,1H3,(H2,12,13,14). The zero-order chi connectivity index (χ0) is 10.8. The van der Waals surface area contributed by atoms with Gasteiger partial charge in [-0.05, 0) is 18.2 Å². The van der Waals surface area contributed by atoms with E-state index in [1.807, 2.05) is 18.2 Å². The molecule has 15 heavy (non-hydrogen) atoms. The van der Waals surface area contributed by atoms with Gasteiger partial charge in [-0.25, -0.2) is 4.79 Å². The molecule has 1 aromatic carbocycles. The third kappa shape index (κ3) is 2.07.